The number of aryl methyl sites for hydroxylation is 1. The first kappa shape index (κ1) is 15.9. The topological polar surface area (TPSA) is 88.5 Å². The average molecular weight is 312 g/mol. The molecule has 1 aromatic heterocycles. The average Bonchev–Trinajstić information content (AvgIpc) is 3.06. The Bertz CT molecular complexity index is 523. The Labute approximate surface area is 127 Å². The van der Waals surface area contributed by atoms with Crippen molar-refractivity contribution in [2.24, 2.45) is 0 Å². The number of rotatable bonds is 6. The molecule has 116 valence electrons. The lowest BCUT2D eigenvalue weighted by molar-refractivity contribution is -0.140. The van der Waals surface area contributed by atoms with Crippen molar-refractivity contribution in [2.75, 3.05) is 13.7 Å². The predicted octanol–water partition coefficient (Wildman–Crippen LogP) is 1.94. The minimum Gasteiger partial charge on any atom is -0.480 e. The fourth-order valence-corrected chi connectivity index (χ4v) is 3.68. The zero-order valence-corrected chi connectivity index (χ0v) is 13.0. The van der Waals surface area contributed by atoms with E-state index in [0.717, 1.165) is 17.8 Å². The lowest BCUT2D eigenvalue weighted by Gasteiger charge is -2.12. The Morgan fingerprint density at radius 1 is 1.48 bits per heavy atom. The van der Waals surface area contributed by atoms with E-state index in [4.69, 9.17) is 9.84 Å². The summed E-state index contributed by atoms with van der Waals surface area (Å²) in [6.07, 6.45) is 4.66. The summed E-state index contributed by atoms with van der Waals surface area (Å²) >= 11 is 1.38. The van der Waals surface area contributed by atoms with Crippen LogP contribution in [0.1, 0.15) is 52.0 Å². The normalized spacial score (nSPS) is 16.9. The third kappa shape index (κ3) is 3.79. The van der Waals surface area contributed by atoms with Crippen LogP contribution in [0.15, 0.2) is 0 Å². The second-order valence-corrected chi connectivity index (χ2v) is 6.30. The molecule has 0 spiro atoms. The number of amides is 1. The van der Waals surface area contributed by atoms with E-state index >= 15 is 0 Å². The van der Waals surface area contributed by atoms with Gasteiger partial charge in [-0.1, -0.05) is 12.8 Å². The molecule has 2 N–H and O–H groups in total. The molecule has 1 aliphatic rings. The molecule has 1 heterocycles. The Morgan fingerprint density at radius 2 is 2.14 bits per heavy atom. The van der Waals surface area contributed by atoms with Crippen LogP contribution in [0.2, 0.25) is 0 Å². The molecule has 1 aliphatic carbocycles. The summed E-state index contributed by atoms with van der Waals surface area (Å²) in [5.74, 6) is -1.05. The summed E-state index contributed by atoms with van der Waals surface area (Å²) in [7, 11) is 1.40. The fourth-order valence-electron chi connectivity index (χ4n) is 2.54. The molecule has 0 bridgehead atoms. The SMILES string of the molecule is COCC(NC(=O)c1sc(C2CCCC2)nc1C)C(=O)O. The van der Waals surface area contributed by atoms with Crippen LogP contribution < -0.4 is 5.32 Å². The summed E-state index contributed by atoms with van der Waals surface area (Å²) in [4.78, 5) is 28.3. The first-order valence-electron chi connectivity index (χ1n) is 7.03. The maximum Gasteiger partial charge on any atom is 0.328 e. The molecule has 7 heteroatoms. The number of nitrogens with zero attached hydrogens (tertiary/aromatic N) is 1. The van der Waals surface area contributed by atoms with E-state index in [-0.39, 0.29) is 6.61 Å². The van der Waals surface area contributed by atoms with Crippen molar-refractivity contribution in [3.8, 4) is 0 Å². The first-order valence-corrected chi connectivity index (χ1v) is 7.84. The Balaban J connectivity index is 2.09. The van der Waals surface area contributed by atoms with Crippen molar-refractivity contribution >= 4 is 23.2 Å². The molecule has 1 atom stereocenters. The van der Waals surface area contributed by atoms with Crippen molar-refractivity contribution in [2.45, 2.75) is 44.6 Å². The molecule has 2 rings (SSSR count). The van der Waals surface area contributed by atoms with Gasteiger partial charge in [0.1, 0.15) is 4.88 Å². The monoisotopic (exact) mass is 312 g/mol. The fraction of sp³-hybridized carbons (Fsp3) is 0.643. The van der Waals surface area contributed by atoms with Crippen LogP contribution in [-0.2, 0) is 9.53 Å². The van der Waals surface area contributed by atoms with E-state index in [1.165, 1.54) is 31.3 Å². The summed E-state index contributed by atoms with van der Waals surface area (Å²) < 4.78 is 4.81. The number of aliphatic carboxylic acids is 1. The summed E-state index contributed by atoms with van der Waals surface area (Å²) in [6.45, 7) is 1.73. The van der Waals surface area contributed by atoms with Gasteiger partial charge in [-0.15, -0.1) is 11.3 Å². The standard InChI is InChI=1S/C14H20N2O4S/c1-8-11(12(17)16-10(7-20-2)14(18)19)21-13(15-8)9-5-3-4-6-9/h9-10H,3-7H2,1-2H3,(H,16,17)(H,18,19). The number of thiazole rings is 1. The lowest BCUT2D eigenvalue weighted by atomic mass is 10.1. The third-order valence-corrected chi connectivity index (χ3v) is 4.98. The second kappa shape index (κ2) is 7.00. The Morgan fingerprint density at radius 3 is 2.71 bits per heavy atom. The van der Waals surface area contributed by atoms with Crippen molar-refractivity contribution in [1.29, 1.82) is 0 Å². The molecule has 6 nitrogen and oxygen atoms in total. The van der Waals surface area contributed by atoms with Crippen molar-refractivity contribution < 1.29 is 19.4 Å². The molecule has 1 saturated carbocycles. The van der Waals surface area contributed by atoms with Gasteiger partial charge in [0.05, 0.1) is 17.3 Å². The van der Waals surface area contributed by atoms with E-state index in [0.29, 0.717) is 16.5 Å². The lowest BCUT2D eigenvalue weighted by Crippen LogP contribution is -2.43. The van der Waals surface area contributed by atoms with Crippen LogP contribution in [0.3, 0.4) is 0 Å². The van der Waals surface area contributed by atoms with Gasteiger partial charge in [-0.2, -0.15) is 0 Å². The number of carboxylic acid groups (broad SMARTS) is 1. The quantitative estimate of drug-likeness (QED) is 0.838. The largest absolute Gasteiger partial charge is 0.480 e. The van der Waals surface area contributed by atoms with Gasteiger partial charge < -0.3 is 15.2 Å². The van der Waals surface area contributed by atoms with Crippen LogP contribution in [0.25, 0.3) is 0 Å². The highest BCUT2D eigenvalue weighted by Crippen LogP contribution is 2.37. The van der Waals surface area contributed by atoms with Gasteiger partial charge in [-0.05, 0) is 19.8 Å². The second-order valence-electron chi connectivity index (χ2n) is 5.27. The van der Waals surface area contributed by atoms with Crippen LogP contribution in [-0.4, -0.2) is 41.7 Å². The molecule has 0 aliphatic heterocycles. The number of nitrogens with one attached hydrogen (secondary N) is 1. The Hall–Kier alpha value is -1.47. The molecule has 21 heavy (non-hydrogen) atoms. The number of ether oxygens (including phenoxy) is 1. The summed E-state index contributed by atoms with van der Waals surface area (Å²) in [6, 6.07) is -1.04. The van der Waals surface area contributed by atoms with Crippen molar-refractivity contribution in [3.63, 3.8) is 0 Å². The summed E-state index contributed by atoms with van der Waals surface area (Å²) in [5, 5.41) is 12.5. The number of carbonyl (C=O) groups is 2. The summed E-state index contributed by atoms with van der Waals surface area (Å²) in [5.41, 5.74) is 0.668. The van der Waals surface area contributed by atoms with Crippen LogP contribution >= 0.6 is 11.3 Å². The number of carbonyl (C=O) groups excluding carboxylic acids is 1. The van der Waals surface area contributed by atoms with Crippen molar-refractivity contribution in [1.82, 2.24) is 10.3 Å². The third-order valence-electron chi connectivity index (χ3n) is 3.66. The highest BCUT2D eigenvalue weighted by atomic mass is 32.1. The number of aromatic nitrogens is 1. The minimum absolute atomic E-state index is 0.0611. The van der Waals surface area contributed by atoms with E-state index in [1.54, 1.807) is 6.92 Å². The molecular weight excluding hydrogens is 292 g/mol. The number of hydrogen-bond donors (Lipinski definition) is 2. The van der Waals surface area contributed by atoms with Crippen molar-refractivity contribution in [3.05, 3.63) is 15.6 Å². The number of hydrogen-bond acceptors (Lipinski definition) is 5. The van der Waals surface area contributed by atoms with Gasteiger partial charge in [0.25, 0.3) is 5.91 Å². The molecule has 1 fully saturated rings. The van der Waals surface area contributed by atoms with Gasteiger partial charge in [-0.3, -0.25) is 4.79 Å². The van der Waals surface area contributed by atoms with Gasteiger partial charge in [-0.25, -0.2) is 9.78 Å². The molecule has 0 aromatic carbocycles. The van der Waals surface area contributed by atoms with Crippen LogP contribution in [0, 0.1) is 6.92 Å². The molecule has 1 unspecified atom stereocenters. The zero-order valence-electron chi connectivity index (χ0n) is 12.2. The Kier molecular flexibility index (Phi) is 5.30. The highest BCUT2D eigenvalue weighted by Gasteiger charge is 2.26. The van der Waals surface area contributed by atoms with E-state index in [2.05, 4.69) is 10.3 Å². The van der Waals surface area contributed by atoms with Gasteiger partial charge in [0, 0.05) is 13.0 Å². The zero-order chi connectivity index (χ0) is 15.4. The van der Waals surface area contributed by atoms with Gasteiger partial charge in [0.2, 0.25) is 0 Å². The smallest absolute Gasteiger partial charge is 0.328 e. The van der Waals surface area contributed by atoms with E-state index < -0.39 is 17.9 Å². The molecule has 0 saturated heterocycles. The van der Waals surface area contributed by atoms with Crippen LogP contribution in [0.5, 0.6) is 0 Å². The molecular formula is C14H20N2O4S. The van der Waals surface area contributed by atoms with Crippen LogP contribution in [0.4, 0.5) is 0 Å². The molecule has 1 aromatic rings. The molecule has 1 amide bonds. The predicted molar refractivity (Wildman–Crippen MR) is 78.8 cm³/mol. The highest BCUT2D eigenvalue weighted by molar-refractivity contribution is 7.13. The van der Waals surface area contributed by atoms with Gasteiger partial charge in [0.15, 0.2) is 6.04 Å². The van der Waals surface area contributed by atoms with E-state index in [1.807, 2.05) is 0 Å². The maximum atomic E-state index is 12.2. The van der Waals surface area contributed by atoms with Gasteiger partial charge >= 0.3 is 5.97 Å². The molecule has 0 radical (unpaired) electrons. The van der Waals surface area contributed by atoms with E-state index in [9.17, 15) is 9.59 Å². The number of carboxylic acids is 1. The minimum atomic E-state index is -1.11. The maximum absolute atomic E-state index is 12.2. The number of methoxy groups -OCH3 is 1. The first-order chi connectivity index (χ1) is 10.0.